The second-order valence-electron chi connectivity index (χ2n) is 7.21. The Hall–Kier alpha value is -1.79. The Balaban J connectivity index is 2.25. The number of ether oxygens (including phenoxy) is 2. The van der Waals surface area contributed by atoms with Crippen molar-refractivity contribution >= 4 is 18.0 Å². The standard InChI is InChI=1S/C15H24N2O5/c1-9-6-15(12(19)16-9)7-10(11(18)21-5)17(8-15)13(20)22-14(2,3)4/h9-10H,6-8H2,1-5H3,(H,16,19)/t9?,10-,15-/m0/s1. The zero-order chi connectivity index (χ0) is 16.7. The van der Waals surface area contributed by atoms with Gasteiger partial charge in [-0.2, -0.15) is 0 Å². The number of likely N-dealkylation sites (tertiary alicyclic amines) is 1. The Morgan fingerprint density at radius 2 is 1.95 bits per heavy atom. The van der Waals surface area contributed by atoms with Crippen LogP contribution in [0.25, 0.3) is 0 Å². The van der Waals surface area contributed by atoms with Gasteiger partial charge in [-0.3, -0.25) is 9.69 Å². The van der Waals surface area contributed by atoms with Gasteiger partial charge in [-0.05, 0) is 40.5 Å². The summed E-state index contributed by atoms with van der Waals surface area (Å²) >= 11 is 0. The fourth-order valence-electron chi connectivity index (χ4n) is 3.26. The smallest absolute Gasteiger partial charge is 0.411 e. The van der Waals surface area contributed by atoms with Gasteiger partial charge in [0, 0.05) is 12.6 Å². The Morgan fingerprint density at radius 3 is 2.41 bits per heavy atom. The third kappa shape index (κ3) is 3.03. The third-order valence-electron chi connectivity index (χ3n) is 4.09. The highest BCUT2D eigenvalue weighted by Gasteiger charge is 2.57. The van der Waals surface area contributed by atoms with E-state index in [4.69, 9.17) is 9.47 Å². The van der Waals surface area contributed by atoms with E-state index in [1.165, 1.54) is 12.0 Å². The van der Waals surface area contributed by atoms with E-state index in [2.05, 4.69) is 5.32 Å². The molecule has 0 aromatic carbocycles. The van der Waals surface area contributed by atoms with Gasteiger partial charge in [-0.1, -0.05) is 0 Å². The zero-order valence-electron chi connectivity index (χ0n) is 13.8. The van der Waals surface area contributed by atoms with E-state index in [0.29, 0.717) is 6.42 Å². The number of hydrogen-bond acceptors (Lipinski definition) is 5. The number of nitrogens with one attached hydrogen (secondary N) is 1. The highest BCUT2D eigenvalue weighted by Crippen LogP contribution is 2.43. The minimum absolute atomic E-state index is 0.0318. The molecule has 2 heterocycles. The second-order valence-corrected chi connectivity index (χ2v) is 7.21. The number of hydrogen-bond donors (Lipinski definition) is 1. The number of esters is 1. The van der Waals surface area contributed by atoms with E-state index >= 15 is 0 Å². The van der Waals surface area contributed by atoms with Crippen LogP contribution < -0.4 is 5.32 Å². The van der Waals surface area contributed by atoms with Crippen molar-refractivity contribution in [1.82, 2.24) is 10.2 Å². The minimum atomic E-state index is -0.782. The summed E-state index contributed by atoms with van der Waals surface area (Å²) < 4.78 is 10.1. The van der Waals surface area contributed by atoms with E-state index in [1.807, 2.05) is 6.92 Å². The van der Waals surface area contributed by atoms with Gasteiger partial charge < -0.3 is 14.8 Å². The molecule has 2 aliphatic rings. The van der Waals surface area contributed by atoms with Gasteiger partial charge in [0.2, 0.25) is 5.91 Å². The van der Waals surface area contributed by atoms with Gasteiger partial charge in [0.05, 0.1) is 12.5 Å². The maximum absolute atomic E-state index is 12.4. The molecule has 22 heavy (non-hydrogen) atoms. The van der Waals surface area contributed by atoms with Gasteiger partial charge in [-0.15, -0.1) is 0 Å². The normalized spacial score (nSPS) is 31.3. The fourth-order valence-corrected chi connectivity index (χ4v) is 3.26. The molecule has 0 bridgehead atoms. The SMILES string of the molecule is COC(=O)[C@@H]1C[C@@]2(CC(C)NC2=O)CN1C(=O)OC(C)(C)C. The average Bonchev–Trinajstić information content (AvgIpc) is 2.88. The molecule has 0 aromatic heterocycles. The Labute approximate surface area is 130 Å². The molecule has 2 saturated heterocycles. The minimum Gasteiger partial charge on any atom is -0.467 e. The van der Waals surface area contributed by atoms with Crippen LogP contribution in [0.4, 0.5) is 4.79 Å². The largest absolute Gasteiger partial charge is 0.467 e. The zero-order valence-corrected chi connectivity index (χ0v) is 13.8. The highest BCUT2D eigenvalue weighted by atomic mass is 16.6. The fraction of sp³-hybridized carbons (Fsp3) is 0.800. The Bertz CT molecular complexity index is 499. The Kier molecular flexibility index (Phi) is 4.10. The van der Waals surface area contributed by atoms with Gasteiger partial charge in [0.1, 0.15) is 11.6 Å². The predicted octanol–water partition coefficient (Wildman–Crippen LogP) is 1.06. The monoisotopic (exact) mass is 312 g/mol. The molecule has 1 unspecified atom stereocenters. The van der Waals surface area contributed by atoms with Crippen molar-refractivity contribution in [3.8, 4) is 0 Å². The molecular formula is C15H24N2O5. The topological polar surface area (TPSA) is 84.9 Å². The number of amides is 2. The molecule has 2 amide bonds. The van der Waals surface area contributed by atoms with Crippen LogP contribution >= 0.6 is 0 Å². The van der Waals surface area contributed by atoms with Crippen LogP contribution in [0.3, 0.4) is 0 Å². The van der Waals surface area contributed by atoms with Crippen molar-refractivity contribution in [2.24, 2.45) is 5.41 Å². The summed E-state index contributed by atoms with van der Waals surface area (Å²) in [5.41, 5.74) is -1.39. The molecule has 124 valence electrons. The number of nitrogens with zero attached hydrogens (tertiary/aromatic N) is 1. The lowest BCUT2D eigenvalue weighted by Crippen LogP contribution is -2.44. The van der Waals surface area contributed by atoms with E-state index in [9.17, 15) is 14.4 Å². The van der Waals surface area contributed by atoms with Gasteiger partial charge >= 0.3 is 12.1 Å². The second kappa shape index (κ2) is 5.44. The number of carbonyl (C=O) groups is 3. The molecule has 0 aromatic rings. The number of methoxy groups -OCH3 is 1. The maximum Gasteiger partial charge on any atom is 0.411 e. The van der Waals surface area contributed by atoms with Crippen molar-refractivity contribution in [2.75, 3.05) is 13.7 Å². The van der Waals surface area contributed by atoms with Crippen LogP contribution in [0.5, 0.6) is 0 Å². The third-order valence-corrected chi connectivity index (χ3v) is 4.09. The maximum atomic E-state index is 12.4. The van der Waals surface area contributed by atoms with Gasteiger partial charge in [0.15, 0.2) is 0 Å². The van der Waals surface area contributed by atoms with Crippen molar-refractivity contribution in [3.05, 3.63) is 0 Å². The molecule has 1 spiro atoms. The molecular weight excluding hydrogens is 288 g/mol. The van der Waals surface area contributed by atoms with E-state index < -0.39 is 29.1 Å². The predicted molar refractivity (Wildman–Crippen MR) is 78.0 cm³/mol. The van der Waals surface area contributed by atoms with Crippen LogP contribution in [0.15, 0.2) is 0 Å². The Morgan fingerprint density at radius 1 is 1.32 bits per heavy atom. The molecule has 0 aliphatic carbocycles. The summed E-state index contributed by atoms with van der Waals surface area (Å²) in [4.78, 5) is 38.0. The van der Waals surface area contributed by atoms with Crippen LogP contribution in [-0.4, -0.2) is 54.2 Å². The first kappa shape index (κ1) is 16.6. The van der Waals surface area contributed by atoms with Crippen LogP contribution in [0.2, 0.25) is 0 Å². The van der Waals surface area contributed by atoms with Gasteiger partial charge in [-0.25, -0.2) is 9.59 Å². The first-order chi connectivity index (χ1) is 10.1. The summed E-state index contributed by atoms with van der Waals surface area (Å²) in [5.74, 6) is -0.630. The molecule has 0 saturated carbocycles. The molecule has 2 aliphatic heterocycles. The number of rotatable bonds is 1. The molecule has 1 N–H and O–H groups in total. The first-order valence-electron chi connectivity index (χ1n) is 7.46. The molecule has 7 nitrogen and oxygen atoms in total. The summed E-state index contributed by atoms with van der Waals surface area (Å²) in [6, 6.07) is -0.750. The summed E-state index contributed by atoms with van der Waals surface area (Å²) in [6.07, 6.45) is 0.278. The van der Waals surface area contributed by atoms with Gasteiger partial charge in [0.25, 0.3) is 0 Å². The molecule has 7 heteroatoms. The lowest BCUT2D eigenvalue weighted by molar-refractivity contribution is -0.145. The van der Waals surface area contributed by atoms with Crippen molar-refractivity contribution in [2.45, 2.75) is 58.2 Å². The van der Waals surface area contributed by atoms with Crippen molar-refractivity contribution < 1.29 is 23.9 Å². The number of carbonyl (C=O) groups excluding carboxylic acids is 3. The molecule has 0 radical (unpaired) electrons. The molecule has 2 fully saturated rings. The van der Waals surface area contributed by atoms with Crippen LogP contribution in [-0.2, 0) is 19.1 Å². The van der Waals surface area contributed by atoms with Crippen molar-refractivity contribution in [3.63, 3.8) is 0 Å². The van der Waals surface area contributed by atoms with Crippen molar-refractivity contribution in [1.29, 1.82) is 0 Å². The van der Waals surface area contributed by atoms with E-state index in [-0.39, 0.29) is 24.9 Å². The summed E-state index contributed by atoms with van der Waals surface area (Å²) in [6.45, 7) is 7.37. The van der Waals surface area contributed by atoms with E-state index in [1.54, 1.807) is 20.8 Å². The van der Waals surface area contributed by atoms with E-state index in [0.717, 1.165) is 0 Å². The average molecular weight is 312 g/mol. The quantitative estimate of drug-likeness (QED) is 0.732. The summed E-state index contributed by atoms with van der Waals surface area (Å²) in [5, 5.41) is 2.86. The summed E-state index contributed by atoms with van der Waals surface area (Å²) in [7, 11) is 1.28. The molecule has 3 atom stereocenters. The van der Waals surface area contributed by atoms with Crippen LogP contribution in [0.1, 0.15) is 40.5 Å². The highest BCUT2D eigenvalue weighted by molar-refractivity contribution is 5.90. The lowest BCUT2D eigenvalue weighted by atomic mass is 9.82. The first-order valence-corrected chi connectivity index (χ1v) is 7.46. The molecule has 2 rings (SSSR count). The van der Waals surface area contributed by atoms with Crippen LogP contribution in [0, 0.1) is 5.41 Å². The lowest BCUT2D eigenvalue weighted by Gasteiger charge is -2.27.